The van der Waals surface area contributed by atoms with Gasteiger partial charge in [0.15, 0.2) is 5.58 Å². The molecule has 0 aliphatic carbocycles. The van der Waals surface area contributed by atoms with Crippen LogP contribution in [0.2, 0.25) is 0 Å². The molecule has 0 saturated carbocycles. The van der Waals surface area contributed by atoms with E-state index in [0.29, 0.717) is 48.5 Å². The number of amides is 2. The van der Waals surface area contributed by atoms with Gasteiger partial charge in [-0.25, -0.2) is 9.97 Å². The minimum Gasteiger partial charge on any atom is -0.436 e. The first kappa shape index (κ1) is 24.6. The summed E-state index contributed by atoms with van der Waals surface area (Å²) in [5.41, 5.74) is 2.78. The van der Waals surface area contributed by atoms with Crippen LogP contribution >= 0.6 is 11.3 Å². The first-order chi connectivity index (χ1) is 18.3. The molecular formula is C26H22F3N5O3S. The Morgan fingerprint density at radius 2 is 1.76 bits per heavy atom. The third kappa shape index (κ3) is 4.65. The van der Waals surface area contributed by atoms with E-state index in [4.69, 9.17) is 4.42 Å². The molecule has 2 aliphatic heterocycles. The number of halogens is 3. The predicted octanol–water partition coefficient (Wildman–Crippen LogP) is 4.25. The van der Waals surface area contributed by atoms with E-state index in [0.717, 1.165) is 25.2 Å². The minimum atomic E-state index is -4.47. The van der Waals surface area contributed by atoms with Gasteiger partial charge in [-0.1, -0.05) is 6.07 Å². The monoisotopic (exact) mass is 541 g/mol. The fourth-order valence-corrected chi connectivity index (χ4v) is 5.34. The summed E-state index contributed by atoms with van der Waals surface area (Å²) < 4.78 is 45.0. The lowest BCUT2D eigenvalue weighted by molar-refractivity contribution is -0.137. The van der Waals surface area contributed by atoms with Crippen molar-refractivity contribution in [2.45, 2.75) is 12.2 Å². The molecular weight excluding hydrogens is 519 g/mol. The second-order valence-electron chi connectivity index (χ2n) is 9.35. The topological polar surface area (TPSA) is 82.8 Å². The van der Waals surface area contributed by atoms with E-state index in [1.807, 2.05) is 4.90 Å². The number of carbonyl (C=O) groups excluding carboxylic acids is 2. The Bertz CT molecular complexity index is 1490. The van der Waals surface area contributed by atoms with E-state index in [9.17, 15) is 22.8 Å². The fourth-order valence-electron chi connectivity index (χ4n) is 4.81. The van der Waals surface area contributed by atoms with Gasteiger partial charge in [0.1, 0.15) is 11.2 Å². The Balaban J connectivity index is 1.07. The summed E-state index contributed by atoms with van der Waals surface area (Å²) in [7, 11) is 0. The lowest BCUT2D eigenvalue weighted by Crippen LogP contribution is -2.64. The van der Waals surface area contributed by atoms with Crippen LogP contribution in [0.15, 0.2) is 57.8 Å². The van der Waals surface area contributed by atoms with Crippen molar-refractivity contribution in [2.75, 3.05) is 39.3 Å². The summed E-state index contributed by atoms with van der Waals surface area (Å²) in [5, 5.41) is 1.76. The molecule has 0 unspecified atom stereocenters. The second kappa shape index (κ2) is 9.52. The smallest absolute Gasteiger partial charge is 0.416 e. The predicted molar refractivity (Wildman–Crippen MR) is 134 cm³/mol. The van der Waals surface area contributed by atoms with Crippen LogP contribution in [0.3, 0.4) is 0 Å². The molecule has 4 aromatic rings. The van der Waals surface area contributed by atoms with Crippen molar-refractivity contribution >= 4 is 34.3 Å². The number of benzene rings is 2. The largest absolute Gasteiger partial charge is 0.436 e. The molecule has 2 aromatic heterocycles. The van der Waals surface area contributed by atoms with Crippen molar-refractivity contribution in [1.82, 2.24) is 24.7 Å². The number of rotatable bonds is 4. The number of thiazole rings is 1. The van der Waals surface area contributed by atoms with Gasteiger partial charge in [-0.2, -0.15) is 13.2 Å². The van der Waals surface area contributed by atoms with E-state index >= 15 is 0 Å². The Hall–Kier alpha value is -3.77. The summed E-state index contributed by atoms with van der Waals surface area (Å²) in [6.07, 6.45) is -4.47. The highest BCUT2D eigenvalue weighted by molar-refractivity contribution is 7.07. The van der Waals surface area contributed by atoms with E-state index < -0.39 is 11.7 Å². The molecule has 6 rings (SSSR count). The van der Waals surface area contributed by atoms with Crippen molar-refractivity contribution in [3.63, 3.8) is 0 Å². The van der Waals surface area contributed by atoms with Crippen LogP contribution in [0.5, 0.6) is 0 Å². The second-order valence-corrected chi connectivity index (χ2v) is 10.1. The maximum atomic E-state index is 13.1. The van der Waals surface area contributed by atoms with Gasteiger partial charge < -0.3 is 14.2 Å². The fraction of sp³-hybridized carbons (Fsp3) is 0.308. The molecule has 2 aromatic carbocycles. The number of carbonyl (C=O) groups is 2. The summed E-state index contributed by atoms with van der Waals surface area (Å²) in [6.45, 7) is 3.90. The Morgan fingerprint density at radius 1 is 0.974 bits per heavy atom. The third-order valence-electron chi connectivity index (χ3n) is 6.99. The third-order valence-corrected chi connectivity index (χ3v) is 7.58. The van der Waals surface area contributed by atoms with Crippen molar-refractivity contribution in [2.24, 2.45) is 0 Å². The van der Waals surface area contributed by atoms with Crippen LogP contribution in [0.1, 0.15) is 26.4 Å². The first-order valence-electron chi connectivity index (χ1n) is 12.1. The highest BCUT2D eigenvalue weighted by atomic mass is 32.1. The molecule has 2 saturated heterocycles. The molecule has 12 heteroatoms. The molecule has 2 amide bonds. The average Bonchev–Trinajstić information content (AvgIpc) is 3.57. The molecule has 0 bridgehead atoms. The molecule has 2 aliphatic rings. The van der Waals surface area contributed by atoms with Crippen molar-refractivity contribution in [3.05, 3.63) is 70.2 Å². The number of hydrogen-bond donors (Lipinski definition) is 0. The highest BCUT2D eigenvalue weighted by Gasteiger charge is 2.37. The number of likely N-dealkylation sites (tertiary alicyclic amines) is 1. The lowest BCUT2D eigenvalue weighted by Gasteiger charge is -2.48. The summed E-state index contributed by atoms with van der Waals surface area (Å²) >= 11 is 1.40. The molecule has 0 atom stereocenters. The molecule has 2 fully saturated rings. The molecule has 4 heterocycles. The Labute approximate surface area is 219 Å². The van der Waals surface area contributed by atoms with Crippen LogP contribution in [0, 0.1) is 0 Å². The number of nitrogens with zero attached hydrogens (tertiary/aromatic N) is 5. The first-order valence-corrected chi connectivity index (χ1v) is 13.0. The highest BCUT2D eigenvalue weighted by Crippen LogP contribution is 2.33. The van der Waals surface area contributed by atoms with Crippen molar-refractivity contribution in [1.29, 1.82) is 0 Å². The zero-order valence-corrected chi connectivity index (χ0v) is 20.8. The summed E-state index contributed by atoms with van der Waals surface area (Å²) in [4.78, 5) is 39.8. The molecule has 196 valence electrons. The standard InChI is InChI=1S/C26H22F3N5O3S/c27-26(28,29)18-3-1-2-16(10-18)23-31-20-5-4-17(11-22(20)37-23)24(35)34-12-19(13-34)32-6-8-33(9-7-32)25(36)21-14-38-15-30-21/h1-5,10-11,14-15,19H,6-9,12-13H2. The maximum absolute atomic E-state index is 13.1. The molecule has 0 N–H and O–H groups in total. The number of hydrogen-bond acceptors (Lipinski definition) is 7. The number of piperazine rings is 1. The Morgan fingerprint density at radius 3 is 2.47 bits per heavy atom. The number of oxazole rings is 1. The zero-order chi connectivity index (χ0) is 26.4. The van der Waals surface area contributed by atoms with Crippen LogP contribution in [-0.2, 0) is 6.18 Å². The average molecular weight is 542 g/mol. The van der Waals surface area contributed by atoms with Crippen molar-refractivity contribution < 1.29 is 27.2 Å². The lowest BCUT2D eigenvalue weighted by atomic mass is 10.0. The number of fused-ring (bicyclic) bond motifs is 1. The van der Waals surface area contributed by atoms with Gasteiger partial charge in [0, 0.05) is 61.8 Å². The zero-order valence-electron chi connectivity index (χ0n) is 20.0. The van der Waals surface area contributed by atoms with E-state index in [1.54, 1.807) is 34.0 Å². The SMILES string of the molecule is O=C(c1ccc2nc(-c3cccc(C(F)(F)F)c3)oc2c1)N1CC(N2CCN(C(=O)c3cscn3)CC2)C1. The van der Waals surface area contributed by atoms with E-state index in [1.165, 1.54) is 23.5 Å². The minimum absolute atomic E-state index is 0.0460. The number of alkyl halides is 3. The molecule has 0 spiro atoms. The van der Waals surface area contributed by atoms with Gasteiger partial charge in [0.2, 0.25) is 5.89 Å². The summed E-state index contributed by atoms with van der Waals surface area (Å²) in [5.74, 6) is -0.125. The summed E-state index contributed by atoms with van der Waals surface area (Å²) in [6, 6.07) is 9.90. The van der Waals surface area contributed by atoms with Gasteiger partial charge in [-0.15, -0.1) is 11.3 Å². The molecule has 8 nitrogen and oxygen atoms in total. The Kier molecular flexibility index (Phi) is 6.15. The molecule has 38 heavy (non-hydrogen) atoms. The van der Waals surface area contributed by atoms with Crippen LogP contribution in [0.4, 0.5) is 13.2 Å². The van der Waals surface area contributed by atoms with Gasteiger partial charge >= 0.3 is 6.18 Å². The maximum Gasteiger partial charge on any atom is 0.416 e. The van der Waals surface area contributed by atoms with Crippen LogP contribution in [-0.4, -0.2) is 81.8 Å². The van der Waals surface area contributed by atoms with Crippen LogP contribution < -0.4 is 0 Å². The van der Waals surface area contributed by atoms with Crippen LogP contribution in [0.25, 0.3) is 22.6 Å². The van der Waals surface area contributed by atoms with E-state index in [2.05, 4.69) is 14.9 Å². The quantitative estimate of drug-likeness (QED) is 0.384. The van der Waals surface area contributed by atoms with Crippen molar-refractivity contribution in [3.8, 4) is 11.5 Å². The van der Waals surface area contributed by atoms with Gasteiger partial charge in [-0.05, 0) is 36.4 Å². The normalized spacial score (nSPS) is 17.1. The van der Waals surface area contributed by atoms with Gasteiger partial charge in [0.05, 0.1) is 11.1 Å². The van der Waals surface area contributed by atoms with Gasteiger partial charge in [-0.3, -0.25) is 14.5 Å². The van der Waals surface area contributed by atoms with E-state index in [-0.39, 0.29) is 29.3 Å². The number of aromatic nitrogens is 2. The van der Waals surface area contributed by atoms with Gasteiger partial charge in [0.25, 0.3) is 11.8 Å². The molecule has 0 radical (unpaired) electrons.